The van der Waals surface area contributed by atoms with Crippen LogP contribution in [0.3, 0.4) is 0 Å². The Kier molecular flexibility index (Phi) is 9.78. The lowest BCUT2D eigenvalue weighted by Gasteiger charge is -2.41. The summed E-state index contributed by atoms with van der Waals surface area (Å²) < 4.78 is 25.5. The van der Waals surface area contributed by atoms with E-state index in [1.165, 1.54) is 7.11 Å². The topological polar surface area (TPSA) is 133 Å². The first-order chi connectivity index (χ1) is 21.8. The van der Waals surface area contributed by atoms with Crippen molar-refractivity contribution in [1.82, 2.24) is 35.5 Å². The van der Waals surface area contributed by atoms with Crippen molar-refractivity contribution in [2.24, 2.45) is 5.92 Å². The number of rotatable bonds is 12. The smallest absolute Gasteiger partial charge is 0.253 e. The van der Waals surface area contributed by atoms with E-state index in [4.69, 9.17) is 9.47 Å². The number of nitrogens with zero attached hydrogens (tertiary/aromatic N) is 5. The molecule has 0 unspecified atom stereocenters. The molecule has 45 heavy (non-hydrogen) atoms. The Balaban J connectivity index is 1.02. The van der Waals surface area contributed by atoms with Crippen LogP contribution in [-0.4, -0.2) is 114 Å². The number of fused-ring (bicyclic) bond motifs is 1. The highest BCUT2D eigenvalue weighted by Crippen LogP contribution is 2.30. The molecule has 6 rings (SSSR count). The van der Waals surface area contributed by atoms with Gasteiger partial charge >= 0.3 is 0 Å². The van der Waals surface area contributed by atoms with Gasteiger partial charge in [0.15, 0.2) is 0 Å². The van der Waals surface area contributed by atoms with E-state index in [1.54, 1.807) is 24.7 Å². The van der Waals surface area contributed by atoms with Crippen LogP contribution in [0.25, 0.3) is 10.9 Å². The zero-order chi connectivity index (χ0) is 31.4. The molecule has 12 nitrogen and oxygen atoms in total. The van der Waals surface area contributed by atoms with Crippen molar-refractivity contribution in [3.05, 3.63) is 36.3 Å². The zero-order valence-corrected chi connectivity index (χ0v) is 26.5. The van der Waals surface area contributed by atoms with Crippen molar-refractivity contribution >= 4 is 34.4 Å². The van der Waals surface area contributed by atoms with E-state index < -0.39 is 12.3 Å². The summed E-state index contributed by atoms with van der Waals surface area (Å²) in [7, 11) is 1.54. The summed E-state index contributed by atoms with van der Waals surface area (Å²) in [4.78, 5) is 34.5. The van der Waals surface area contributed by atoms with Gasteiger partial charge in [-0.05, 0) is 64.6 Å². The molecule has 0 saturated carbocycles. The number of aromatic amines is 1. The van der Waals surface area contributed by atoms with Crippen LogP contribution in [0.4, 0.5) is 22.0 Å². The first-order valence-electron chi connectivity index (χ1n) is 16.2. The lowest BCUT2D eigenvalue weighted by Crippen LogP contribution is -2.52. The van der Waals surface area contributed by atoms with Crippen LogP contribution in [0.5, 0.6) is 0 Å². The number of methoxy groups -OCH3 is 1. The fraction of sp³-hybridized carbons (Fsp3) is 0.625. The Morgan fingerprint density at radius 2 is 1.98 bits per heavy atom. The number of piperidine rings is 2. The van der Waals surface area contributed by atoms with Crippen LogP contribution in [0.1, 0.15) is 49.9 Å². The summed E-state index contributed by atoms with van der Waals surface area (Å²) in [6, 6.07) is 3.59. The molecule has 1 amide bonds. The zero-order valence-electron chi connectivity index (χ0n) is 26.5. The number of alkyl halides is 1. The van der Waals surface area contributed by atoms with E-state index in [1.807, 2.05) is 11.0 Å². The standard InChI is InChI=1S/C32H46FN9O3/c1-32(2,21-6-11-41(12-7-21)10-4-14-45-22-16-34-17-22)40-30(43)24-19-36-26-15-29(37-18-23(24)26)38-28-5-9-35-31(39-28)42-13-8-27(44-3)25(33)20-42/h5,9,15,18-19,21-22,25,27,34,36H,4,6-8,10-14,16-17,20H2,1-3H3,(H,40,43)(H,35,37,38,39)/t25-,27+/m1/s1. The average molecular weight is 624 g/mol. The molecule has 0 bridgehead atoms. The third-order valence-corrected chi connectivity index (χ3v) is 9.54. The number of pyridine rings is 1. The number of aromatic nitrogens is 4. The van der Waals surface area contributed by atoms with Crippen molar-refractivity contribution in [2.45, 2.75) is 63.4 Å². The minimum atomic E-state index is -1.10. The molecule has 0 spiro atoms. The minimum Gasteiger partial charge on any atom is -0.378 e. The number of H-pyrrole nitrogens is 1. The molecule has 3 saturated heterocycles. The normalized spacial score (nSPS) is 22.0. The summed E-state index contributed by atoms with van der Waals surface area (Å²) in [6.45, 7) is 11.0. The van der Waals surface area contributed by atoms with Gasteiger partial charge in [0.1, 0.15) is 17.8 Å². The maximum absolute atomic E-state index is 14.4. The number of hydrogen-bond acceptors (Lipinski definition) is 10. The van der Waals surface area contributed by atoms with E-state index in [9.17, 15) is 9.18 Å². The number of hydrogen-bond donors (Lipinski definition) is 4. The second-order valence-electron chi connectivity index (χ2n) is 13.0. The third-order valence-electron chi connectivity index (χ3n) is 9.54. The summed E-state index contributed by atoms with van der Waals surface area (Å²) >= 11 is 0. The summed E-state index contributed by atoms with van der Waals surface area (Å²) in [6.07, 6.45) is 7.72. The first-order valence-corrected chi connectivity index (χ1v) is 16.2. The molecule has 3 fully saturated rings. The molecule has 3 aromatic heterocycles. The van der Waals surface area contributed by atoms with Crippen molar-refractivity contribution in [3.63, 3.8) is 0 Å². The molecule has 0 radical (unpaired) electrons. The SMILES string of the molecule is CO[C@H]1CCN(c2nccc(Nc3cc4[nH]cc(C(=O)NC(C)(C)C5CCN(CCCOC6CNC6)CC5)c4cn3)n2)C[C@H]1F. The van der Waals surface area contributed by atoms with Crippen molar-refractivity contribution < 1.29 is 18.7 Å². The van der Waals surface area contributed by atoms with E-state index in [-0.39, 0.29) is 18.0 Å². The molecule has 13 heteroatoms. The van der Waals surface area contributed by atoms with Gasteiger partial charge in [-0.15, -0.1) is 0 Å². The maximum Gasteiger partial charge on any atom is 0.253 e. The van der Waals surface area contributed by atoms with Gasteiger partial charge in [0.25, 0.3) is 5.91 Å². The maximum atomic E-state index is 14.4. The van der Waals surface area contributed by atoms with Crippen LogP contribution < -0.4 is 20.9 Å². The number of carbonyl (C=O) groups excluding carboxylic acids is 1. The Hall–Kier alpha value is -3.39. The highest BCUT2D eigenvalue weighted by atomic mass is 19.1. The van der Waals surface area contributed by atoms with Crippen molar-refractivity contribution in [1.29, 1.82) is 0 Å². The Morgan fingerprint density at radius 3 is 2.71 bits per heavy atom. The molecule has 3 aromatic rings. The van der Waals surface area contributed by atoms with E-state index in [2.05, 4.69) is 54.6 Å². The van der Waals surface area contributed by atoms with Gasteiger partial charge in [0, 0.05) is 75.5 Å². The van der Waals surface area contributed by atoms with Gasteiger partial charge in [-0.1, -0.05) is 0 Å². The Morgan fingerprint density at radius 1 is 1.16 bits per heavy atom. The number of anilines is 3. The van der Waals surface area contributed by atoms with Crippen LogP contribution in [0, 0.1) is 5.92 Å². The van der Waals surface area contributed by atoms with Crippen LogP contribution in [0.2, 0.25) is 0 Å². The van der Waals surface area contributed by atoms with Gasteiger partial charge in [0.2, 0.25) is 5.95 Å². The molecule has 4 N–H and O–H groups in total. The summed E-state index contributed by atoms with van der Waals surface area (Å²) in [5.74, 6) is 1.86. The lowest BCUT2D eigenvalue weighted by molar-refractivity contribution is 0.0124. The largest absolute Gasteiger partial charge is 0.378 e. The number of likely N-dealkylation sites (tertiary alicyclic amines) is 1. The minimum absolute atomic E-state index is 0.109. The lowest BCUT2D eigenvalue weighted by atomic mass is 9.80. The second kappa shape index (κ2) is 13.9. The van der Waals surface area contributed by atoms with Crippen molar-refractivity contribution in [3.8, 4) is 0 Å². The predicted octanol–water partition coefficient (Wildman–Crippen LogP) is 3.26. The Bertz CT molecular complexity index is 1440. The van der Waals surface area contributed by atoms with Gasteiger partial charge in [-0.25, -0.2) is 14.4 Å². The van der Waals surface area contributed by atoms with Crippen LogP contribution >= 0.6 is 0 Å². The van der Waals surface area contributed by atoms with Gasteiger partial charge in [-0.2, -0.15) is 4.98 Å². The van der Waals surface area contributed by atoms with Gasteiger partial charge in [0.05, 0.1) is 29.8 Å². The molecule has 6 heterocycles. The number of amides is 1. The summed E-state index contributed by atoms with van der Waals surface area (Å²) in [5.41, 5.74) is 1.02. The number of carbonyl (C=O) groups is 1. The van der Waals surface area contributed by atoms with Crippen LogP contribution in [0.15, 0.2) is 30.7 Å². The molecule has 3 aliphatic heterocycles. The fourth-order valence-corrected chi connectivity index (χ4v) is 6.56. The Labute approximate surface area is 263 Å². The second-order valence-corrected chi connectivity index (χ2v) is 13.0. The third kappa shape index (κ3) is 7.54. The van der Waals surface area contributed by atoms with E-state index in [0.29, 0.717) is 48.1 Å². The van der Waals surface area contributed by atoms with E-state index >= 15 is 0 Å². The number of halogens is 1. The van der Waals surface area contributed by atoms with E-state index in [0.717, 1.165) is 69.5 Å². The first kappa shape index (κ1) is 31.6. The van der Waals surface area contributed by atoms with Crippen LogP contribution in [-0.2, 0) is 9.47 Å². The molecule has 2 atom stereocenters. The average Bonchev–Trinajstić information content (AvgIpc) is 3.44. The van der Waals surface area contributed by atoms with Crippen molar-refractivity contribution in [2.75, 3.05) is 69.7 Å². The quantitative estimate of drug-likeness (QED) is 0.223. The molecule has 244 valence electrons. The van der Waals surface area contributed by atoms with Gasteiger partial charge in [-0.3, -0.25) is 4.79 Å². The monoisotopic (exact) mass is 623 g/mol. The molecular weight excluding hydrogens is 577 g/mol. The highest BCUT2D eigenvalue weighted by Gasteiger charge is 2.34. The molecule has 3 aliphatic rings. The fourth-order valence-electron chi connectivity index (χ4n) is 6.56. The van der Waals surface area contributed by atoms with Gasteiger partial charge < -0.3 is 40.2 Å². The number of ether oxygens (including phenoxy) is 2. The summed E-state index contributed by atoms with van der Waals surface area (Å²) in [5, 5.41) is 10.5. The highest BCUT2D eigenvalue weighted by molar-refractivity contribution is 6.07. The molecule has 0 aromatic carbocycles. The molecule has 0 aliphatic carbocycles. The molecular formula is C32H46FN9O3. The number of nitrogens with one attached hydrogen (secondary N) is 4. The predicted molar refractivity (Wildman–Crippen MR) is 172 cm³/mol.